The second-order valence-electron chi connectivity index (χ2n) is 6.25. The van der Waals surface area contributed by atoms with Gasteiger partial charge in [0.1, 0.15) is 4.33 Å². The average Bonchev–Trinajstić information content (AvgIpc) is 2.88. The van der Waals surface area contributed by atoms with Crippen LogP contribution in [0, 0.1) is 11.8 Å². The van der Waals surface area contributed by atoms with Crippen molar-refractivity contribution in [3.8, 4) is 10.8 Å². The van der Waals surface area contributed by atoms with Crippen molar-refractivity contribution in [2.45, 2.75) is 42.2 Å². The number of hydrogen-bond donors (Lipinski definition) is 0. The molecule has 0 unspecified atom stereocenters. The van der Waals surface area contributed by atoms with E-state index in [1.807, 2.05) is 0 Å². The summed E-state index contributed by atoms with van der Waals surface area (Å²) in [6.45, 7) is 2.31. The Morgan fingerprint density at radius 3 is 3.05 bits per heavy atom. The van der Waals surface area contributed by atoms with Crippen molar-refractivity contribution in [3.63, 3.8) is 0 Å². The Morgan fingerprint density at radius 1 is 1.45 bits per heavy atom. The number of fused-ring (bicyclic) bond motifs is 1. The van der Waals surface area contributed by atoms with Crippen molar-refractivity contribution < 1.29 is 4.42 Å². The highest BCUT2D eigenvalue weighted by atomic mass is 35.5. The van der Waals surface area contributed by atoms with Crippen LogP contribution in [0.2, 0.25) is 0 Å². The molecule has 2 aliphatic carbocycles. The van der Waals surface area contributed by atoms with Crippen molar-refractivity contribution in [1.82, 2.24) is 10.2 Å². The van der Waals surface area contributed by atoms with Crippen LogP contribution in [0.3, 0.4) is 0 Å². The largest absolute Gasteiger partial charge is 0.410 e. The Bertz CT molecular complexity index is 698. The average molecular weight is 375 g/mol. The molecule has 1 saturated carbocycles. The van der Waals surface area contributed by atoms with Crippen LogP contribution in [-0.4, -0.2) is 20.3 Å². The lowest BCUT2D eigenvalue weighted by Crippen LogP contribution is -2.07. The van der Waals surface area contributed by atoms with E-state index in [0.29, 0.717) is 17.0 Å². The van der Waals surface area contributed by atoms with Crippen LogP contribution in [0.15, 0.2) is 15.7 Å². The number of thiophene rings is 1. The van der Waals surface area contributed by atoms with E-state index in [-0.39, 0.29) is 0 Å². The minimum Gasteiger partial charge on any atom is -0.410 e. The van der Waals surface area contributed by atoms with Crippen LogP contribution in [0.4, 0.5) is 0 Å². The van der Waals surface area contributed by atoms with Gasteiger partial charge in [0.15, 0.2) is 0 Å². The fourth-order valence-corrected chi connectivity index (χ4v) is 5.62. The van der Waals surface area contributed by atoms with E-state index >= 15 is 0 Å². The van der Waals surface area contributed by atoms with Crippen molar-refractivity contribution in [1.29, 1.82) is 0 Å². The van der Waals surface area contributed by atoms with Crippen LogP contribution in [0.1, 0.15) is 30.2 Å². The molecule has 2 atom stereocenters. The third-order valence-electron chi connectivity index (χ3n) is 4.31. The predicted molar refractivity (Wildman–Crippen MR) is 92.1 cm³/mol. The lowest BCUT2D eigenvalue weighted by Gasteiger charge is -2.16. The van der Waals surface area contributed by atoms with E-state index in [0.717, 1.165) is 29.4 Å². The molecule has 2 aromatic rings. The van der Waals surface area contributed by atoms with E-state index in [1.54, 1.807) is 11.3 Å². The first-order valence-corrected chi connectivity index (χ1v) is 10.0. The summed E-state index contributed by atoms with van der Waals surface area (Å²) in [4.78, 5) is 2.57. The zero-order valence-corrected chi connectivity index (χ0v) is 15.3. The molecule has 0 saturated heterocycles. The van der Waals surface area contributed by atoms with E-state index in [9.17, 15) is 0 Å². The number of aryl methyl sites for hydroxylation is 1. The summed E-state index contributed by atoms with van der Waals surface area (Å²) in [5.41, 5.74) is 1.46. The normalized spacial score (nSPS) is 26.0. The summed E-state index contributed by atoms with van der Waals surface area (Å²) < 4.78 is 5.24. The van der Waals surface area contributed by atoms with Gasteiger partial charge in [-0.3, -0.25) is 0 Å². The van der Waals surface area contributed by atoms with Gasteiger partial charge in [0.2, 0.25) is 0 Å². The number of nitrogens with zero attached hydrogens (tertiary/aromatic N) is 2. The first-order chi connectivity index (χ1) is 10.5. The highest BCUT2D eigenvalue weighted by molar-refractivity contribution is 7.99. The molecule has 0 spiro atoms. The van der Waals surface area contributed by atoms with Crippen LogP contribution >= 0.6 is 46.3 Å². The number of aromatic nitrogens is 2. The number of alkyl halides is 2. The molecule has 118 valence electrons. The Labute approximate surface area is 147 Å². The van der Waals surface area contributed by atoms with Crippen LogP contribution in [-0.2, 0) is 12.8 Å². The van der Waals surface area contributed by atoms with Gasteiger partial charge in [0, 0.05) is 16.5 Å². The van der Waals surface area contributed by atoms with Gasteiger partial charge in [-0.05, 0) is 43.2 Å². The summed E-state index contributed by atoms with van der Waals surface area (Å²) in [6.07, 6.45) is 4.46. The second kappa shape index (κ2) is 5.69. The Morgan fingerprint density at radius 2 is 2.27 bits per heavy atom. The fraction of sp³-hybridized carbons (Fsp3) is 0.600. The Hall–Kier alpha value is -0.230. The molecule has 0 radical (unpaired) electrons. The summed E-state index contributed by atoms with van der Waals surface area (Å²) in [7, 11) is 0. The van der Waals surface area contributed by atoms with Gasteiger partial charge < -0.3 is 4.42 Å². The molecule has 4 rings (SSSR count). The number of halogens is 2. The standard InChI is InChI=1S/C15H16Cl2N2OS2/c1-8-2-3-11-9(4-8)5-12(22-11)13-18-19-14(20-13)21-7-10-6-15(10,16)17/h5,8,10H,2-4,6-7H2,1H3/t8-,10-/m0/s1. The van der Waals surface area contributed by atoms with E-state index in [1.165, 1.54) is 35.0 Å². The maximum atomic E-state index is 6.03. The van der Waals surface area contributed by atoms with E-state index in [2.05, 4.69) is 23.2 Å². The van der Waals surface area contributed by atoms with E-state index in [4.69, 9.17) is 27.6 Å². The second-order valence-corrected chi connectivity index (χ2v) is 9.90. The minimum atomic E-state index is -0.542. The van der Waals surface area contributed by atoms with Crippen LogP contribution in [0.25, 0.3) is 10.8 Å². The molecule has 22 heavy (non-hydrogen) atoms. The SMILES string of the molecule is C[C@H]1CCc2sc(-c3nnc(SC[C@@H]4CC4(Cl)Cl)o3)cc2C1. The number of rotatable bonds is 4. The number of hydrogen-bond acceptors (Lipinski definition) is 5. The smallest absolute Gasteiger partial charge is 0.276 e. The Kier molecular flexibility index (Phi) is 3.96. The predicted octanol–water partition coefficient (Wildman–Crippen LogP) is 5.21. The molecular formula is C15H16Cl2N2OS2. The summed E-state index contributed by atoms with van der Waals surface area (Å²) in [5, 5.41) is 8.92. The van der Waals surface area contributed by atoms with Gasteiger partial charge >= 0.3 is 0 Å². The molecule has 0 bridgehead atoms. The maximum Gasteiger partial charge on any atom is 0.276 e. The van der Waals surface area contributed by atoms with Gasteiger partial charge in [0.25, 0.3) is 11.1 Å². The molecular weight excluding hydrogens is 359 g/mol. The first kappa shape index (κ1) is 15.3. The van der Waals surface area contributed by atoms with Crippen molar-refractivity contribution in [2.24, 2.45) is 11.8 Å². The minimum absolute atomic E-state index is 0.326. The first-order valence-electron chi connectivity index (χ1n) is 7.47. The molecule has 0 aliphatic heterocycles. The molecule has 0 aromatic carbocycles. The lowest BCUT2D eigenvalue weighted by atomic mass is 9.90. The van der Waals surface area contributed by atoms with Crippen molar-refractivity contribution >= 4 is 46.3 Å². The molecule has 1 fully saturated rings. The zero-order valence-electron chi connectivity index (χ0n) is 12.1. The monoisotopic (exact) mass is 374 g/mol. The quantitative estimate of drug-likeness (QED) is 0.543. The van der Waals surface area contributed by atoms with Gasteiger partial charge in [0.05, 0.1) is 4.88 Å². The topological polar surface area (TPSA) is 38.9 Å². The molecule has 2 aliphatic rings. The summed E-state index contributed by atoms with van der Waals surface area (Å²) in [5.74, 6) is 2.56. The van der Waals surface area contributed by atoms with Crippen LogP contribution in [0.5, 0.6) is 0 Å². The molecule has 0 N–H and O–H groups in total. The molecule has 2 aromatic heterocycles. The maximum absolute atomic E-state index is 6.03. The van der Waals surface area contributed by atoms with Crippen molar-refractivity contribution in [3.05, 3.63) is 16.5 Å². The van der Waals surface area contributed by atoms with Gasteiger partial charge in [-0.1, -0.05) is 18.7 Å². The van der Waals surface area contributed by atoms with Crippen LogP contribution < -0.4 is 0 Å². The Balaban J connectivity index is 1.45. The van der Waals surface area contributed by atoms with Gasteiger partial charge in [-0.15, -0.1) is 44.7 Å². The summed E-state index contributed by atoms with van der Waals surface area (Å²) in [6, 6.07) is 2.22. The molecule has 3 nitrogen and oxygen atoms in total. The fourth-order valence-electron chi connectivity index (χ4n) is 2.80. The third kappa shape index (κ3) is 3.05. The molecule has 2 heterocycles. The van der Waals surface area contributed by atoms with Gasteiger partial charge in [-0.25, -0.2) is 0 Å². The highest BCUT2D eigenvalue weighted by Crippen LogP contribution is 2.54. The molecule has 7 heteroatoms. The molecule has 0 amide bonds. The lowest BCUT2D eigenvalue weighted by molar-refractivity contribution is 0.466. The van der Waals surface area contributed by atoms with E-state index < -0.39 is 4.33 Å². The highest BCUT2D eigenvalue weighted by Gasteiger charge is 2.51. The summed E-state index contributed by atoms with van der Waals surface area (Å²) >= 11 is 15.4. The number of thioether (sulfide) groups is 1. The van der Waals surface area contributed by atoms with Gasteiger partial charge in [-0.2, -0.15) is 0 Å². The van der Waals surface area contributed by atoms with Crippen molar-refractivity contribution in [2.75, 3.05) is 5.75 Å². The third-order valence-corrected chi connectivity index (χ3v) is 7.44. The zero-order chi connectivity index (χ0) is 15.3.